The van der Waals surface area contributed by atoms with Crippen molar-refractivity contribution in [3.05, 3.63) is 58.5 Å². The minimum atomic E-state index is -0.704. The second-order valence-corrected chi connectivity index (χ2v) is 13.1. The summed E-state index contributed by atoms with van der Waals surface area (Å²) in [5.74, 6) is 1.74. The number of hydrogen-bond acceptors (Lipinski definition) is 6. The summed E-state index contributed by atoms with van der Waals surface area (Å²) in [5, 5.41) is 28.6. The lowest BCUT2D eigenvalue weighted by Gasteiger charge is -2.60. The number of benzene rings is 2. The first kappa shape index (κ1) is 27.6. The summed E-state index contributed by atoms with van der Waals surface area (Å²) in [7, 11) is 3.31. The lowest BCUT2D eigenvalue weighted by molar-refractivity contribution is -0.159. The number of hydrogen-bond donors (Lipinski definition) is 3. The summed E-state index contributed by atoms with van der Waals surface area (Å²) in [6.07, 6.45) is 10.2. The maximum Gasteiger partial charge on any atom is 0.224 e. The van der Waals surface area contributed by atoms with Crippen LogP contribution in [-0.2, 0) is 23.1 Å². The molecule has 2 aromatic carbocycles. The number of fused-ring (bicyclic) bond motifs is 2. The molecular weight excluding hydrogens is 520 g/mol. The molecule has 6 nitrogen and oxygen atoms in total. The number of phenols is 1. The van der Waals surface area contributed by atoms with Gasteiger partial charge in [0.15, 0.2) is 11.5 Å². The molecule has 2 saturated carbocycles. The smallest absolute Gasteiger partial charge is 0.224 e. The molecule has 1 unspecified atom stereocenters. The topological polar surface area (TPSA) is 82.0 Å². The molecule has 1 amide bonds. The van der Waals surface area contributed by atoms with Crippen LogP contribution in [0.15, 0.2) is 41.8 Å². The zero-order chi connectivity index (χ0) is 27.9. The average Bonchev–Trinajstić information content (AvgIpc) is 3.71. The third-order valence-electron chi connectivity index (χ3n) is 10.0. The highest BCUT2D eigenvalue weighted by molar-refractivity contribution is 7.17. The predicted molar refractivity (Wildman–Crippen MR) is 160 cm³/mol. The molecule has 40 heavy (non-hydrogen) atoms. The first-order chi connectivity index (χ1) is 19.4. The van der Waals surface area contributed by atoms with Crippen LogP contribution in [0.25, 0.3) is 10.1 Å². The van der Waals surface area contributed by atoms with Gasteiger partial charge in [-0.05, 0) is 91.4 Å². The number of nitrogens with zero attached hydrogens (tertiary/aromatic N) is 1. The predicted octanol–water partition coefficient (Wildman–Crippen LogP) is 5.56. The highest BCUT2D eigenvalue weighted by Gasteiger charge is 2.63. The molecular formula is C33H42N2O4S. The third-order valence-corrected chi connectivity index (χ3v) is 11.0. The molecule has 1 aliphatic heterocycles. The fraction of sp³-hybridized carbons (Fsp3) is 0.545. The molecule has 3 N–H and O–H groups in total. The molecule has 7 heteroatoms. The Hall–Kier alpha value is -2.61. The Bertz CT molecular complexity index is 1380. The molecule has 0 spiro atoms. The van der Waals surface area contributed by atoms with E-state index in [4.69, 9.17) is 4.74 Å². The van der Waals surface area contributed by atoms with Crippen molar-refractivity contribution < 1.29 is 19.7 Å². The van der Waals surface area contributed by atoms with Crippen LogP contribution < -0.4 is 10.1 Å². The molecule has 3 aliphatic carbocycles. The summed E-state index contributed by atoms with van der Waals surface area (Å²) in [6.45, 7) is 2.21. The number of aliphatic hydroxyl groups is 1. The number of carbonyl (C=O) groups is 1. The number of amides is 1. The van der Waals surface area contributed by atoms with Crippen molar-refractivity contribution in [2.45, 2.75) is 81.3 Å². The third kappa shape index (κ3) is 4.70. The van der Waals surface area contributed by atoms with E-state index in [0.717, 1.165) is 75.1 Å². The zero-order valence-corrected chi connectivity index (χ0v) is 24.6. The van der Waals surface area contributed by atoms with Gasteiger partial charge in [0, 0.05) is 35.3 Å². The molecule has 2 bridgehead atoms. The van der Waals surface area contributed by atoms with E-state index >= 15 is 0 Å². The number of likely N-dealkylation sites (N-methyl/N-ethyl adjacent to an activating group) is 1. The number of methoxy groups -OCH3 is 1. The van der Waals surface area contributed by atoms with Crippen LogP contribution in [-0.4, -0.2) is 59.9 Å². The van der Waals surface area contributed by atoms with E-state index in [9.17, 15) is 15.0 Å². The largest absolute Gasteiger partial charge is 0.504 e. The monoisotopic (exact) mass is 562 g/mol. The highest BCUT2D eigenvalue weighted by atomic mass is 32.1. The van der Waals surface area contributed by atoms with Crippen molar-refractivity contribution in [3.63, 3.8) is 0 Å². The number of phenolic OH excluding ortho intramolecular Hbond substituents is 1. The Labute approximate surface area is 241 Å². The highest BCUT2D eigenvalue weighted by Crippen LogP contribution is 2.60. The van der Waals surface area contributed by atoms with Gasteiger partial charge in [-0.1, -0.05) is 37.1 Å². The first-order valence-electron chi connectivity index (χ1n) is 14.9. The second-order valence-electron chi connectivity index (χ2n) is 12.2. The first-order valence-corrected chi connectivity index (χ1v) is 15.8. The van der Waals surface area contributed by atoms with Gasteiger partial charge < -0.3 is 20.3 Å². The molecule has 4 aliphatic rings. The molecule has 1 aromatic heterocycles. The van der Waals surface area contributed by atoms with Crippen LogP contribution in [0.4, 0.5) is 0 Å². The van der Waals surface area contributed by atoms with Gasteiger partial charge in [-0.2, -0.15) is 0 Å². The second kappa shape index (κ2) is 11.0. The number of aromatic hydroxyl groups is 1. The number of piperidine rings is 1. The van der Waals surface area contributed by atoms with Crippen LogP contribution in [0.3, 0.4) is 0 Å². The van der Waals surface area contributed by atoms with E-state index in [-0.39, 0.29) is 23.1 Å². The summed E-state index contributed by atoms with van der Waals surface area (Å²) in [4.78, 5) is 13.8. The molecule has 214 valence electrons. The Balaban J connectivity index is 0.000000175. The van der Waals surface area contributed by atoms with Crippen LogP contribution in [0.1, 0.15) is 68.1 Å². The number of likely N-dealkylation sites (tertiary alicyclic amines) is 1. The maximum atomic E-state index is 12.2. The van der Waals surface area contributed by atoms with Crippen molar-refractivity contribution in [1.29, 1.82) is 0 Å². The minimum Gasteiger partial charge on any atom is -0.504 e. The number of rotatable bonds is 5. The fourth-order valence-electron chi connectivity index (χ4n) is 7.91. The summed E-state index contributed by atoms with van der Waals surface area (Å²) in [6, 6.07) is 12.2. The van der Waals surface area contributed by atoms with Gasteiger partial charge >= 0.3 is 0 Å². The minimum absolute atomic E-state index is 0.0635. The quantitative estimate of drug-likeness (QED) is 0.379. The number of nitrogens with one attached hydrogen (secondary N) is 1. The molecule has 3 fully saturated rings. The molecule has 7 rings (SSSR count). The molecule has 3 aromatic rings. The van der Waals surface area contributed by atoms with Crippen LogP contribution in [0.5, 0.6) is 11.5 Å². The number of aryl methyl sites for hydroxylation is 1. The Morgan fingerprint density at radius 2 is 1.93 bits per heavy atom. The standard InChI is InChI=1S/C22H31NO3.C11H11NOS/c1-26-20-17(24)8-6-16-7-9-18-22(25)11-3-2-10-21(22,19(16)20)12-13-23(18)14-15-4-5-15;1-12-11(13)6-8-7-14-10-5-3-2-4-9(8)10/h6,8,15,18,24-25H,2-5,7,9-14H2,1H3;2-5,7H,6H2,1H3,(H,12,13)/t18-,21+,22?;/m1./s1. The van der Waals surface area contributed by atoms with Gasteiger partial charge in [-0.3, -0.25) is 9.69 Å². The molecule has 0 radical (unpaired) electrons. The van der Waals surface area contributed by atoms with Gasteiger partial charge in [0.25, 0.3) is 0 Å². The van der Waals surface area contributed by atoms with E-state index in [1.807, 2.05) is 12.1 Å². The number of carbonyl (C=O) groups excluding carboxylic acids is 1. The van der Waals surface area contributed by atoms with Crippen LogP contribution in [0.2, 0.25) is 0 Å². The van der Waals surface area contributed by atoms with Gasteiger partial charge in [-0.15, -0.1) is 11.3 Å². The molecule has 1 saturated heterocycles. The van der Waals surface area contributed by atoms with Crippen molar-refractivity contribution in [2.24, 2.45) is 5.92 Å². The molecule has 3 atom stereocenters. The lowest BCUT2D eigenvalue weighted by atomic mass is 9.53. The summed E-state index contributed by atoms with van der Waals surface area (Å²) < 4.78 is 6.95. The fourth-order valence-corrected chi connectivity index (χ4v) is 8.87. The Kier molecular flexibility index (Phi) is 7.57. The van der Waals surface area contributed by atoms with Crippen LogP contribution >= 0.6 is 11.3 Å². The van der Waals surface area contributed by atoms with E-state index in [2.05, 4.69) is 33.8 Å². The van der Waals surface area contributed by atoms with E-state index in [1.54, 1.807) is 31.6 Å². The zero-order valence-electron chi connectivity index (χ0n) is 23.7. The van der Waals surface area contributed by atoms with Crippen molar-refractivity contribution in [2.75, 3.05) is 27.2 Å². The van der Waals surface area contributed by atoms with Gasteiger partial charge in [0.2, 0.25) is 5.91 Å². The SMILES string of the molecule is CNC(=O)Cc1csc2ccccc12.COc1c(O)ccc2c1[C@@]13CCCCC1(O)[C@@H](CC2)N(CC1CC1)CC3. The van der Waals surface area contributed by atoms with Crippen molar-refractivity contribution in [1.82, 2.24) is 10.2 Å². The van der Waals surface area contributed by atoms with E-state index in [1.165, 1.54) is 28.5 Å². The number of ether oxygens (including phenoxy) is 1. The Morgan fingerprint density at radius 1 is 1.12 bits per heavy atom. The summed E-state index contributed by atoms with van der Waals surface area (Å²) >= 11 is 1.69. The van der Waals surface area contributed by atoms with Crippen LogP contribution in [0, 0.1) is 5.92 Å². The summed E-state index contributed by atoms with van der Waals surface area (Å²) in [5.41, 5.74) is 2.54. The van der Waals surface area contributed by atoms with Gasteiger partial charge in [0.1, 0.15) is 0 Å². The van der Waals surface area contributed by atoms with E-state index < -0.39 is 5.60 Å². The number of thiophene rings is 1. The van der Waals surface area contributed by atoms with Gasteiger partial charge in [-0.25, -0.2) is 0 Å². The van der Waals surface area contributed by atoms with E-state index in [0.29, 0.717) is 12.2 Å². The van der Waals surface area contributed by atoms with Crippen molar-refractivity contribution >= 4 is 27.3 Å². The van der Waals surface area contributed by atoms with Crippen molar-refractivity contribution in [3.8, 4) is 11.5 Å². The average molecular weight is 563 g/mol. The molecule has 2 heterocycles. The normalized spacial score (nSPS) is 27.5. The lowest BCUT2D eigenvalue weighted by Crippen LogP contribution is -2.69. The maximum absolute atomic E-state index is 12.2. The Morgan fingerprint density at radius 3 is 2.70 bits per heavy atom. The van der Waals surface area contributed by atoms with Gasteiger partial charge in [0.05, 0.1) is 19.1 Å².